The minimum absolute atomic E-state index is 0.0144. The van der Waals surface area contributed by atoms with Crippen molar-refractivity contribution in [2.45, 2.75) is 64.9 Å². The van der Waals surface area contributed by atoms with Gasteiger partial charge in [0.2, 0.25) is 0 Å². The van der Waals surface area contributed by atoms with Gasteiger partial charge in [0.15, 0.2) is 0 Å². The number of ketones is 1. The van der Waals surface area contributed by atoms with Crippen LogP contribution in [0.3, 0.4) is 0 Å². The molecule has 0 unspecified atom stereocenters. The first-order valence-corrected chi connectivity index (χ1v) is 9.39. The van der Waals surface area contributed by atoms with Gasteiger partial charge in [0.25, 0.3) is 0 Å². The SMILES string of the molecule is C[C@]12CC[C@H](O)C=C1CC[C@H]1[C@@H]3[C@@H]4C[C@@H]4C(=O)[C@@]3(C)CC[C@@H]12. The van der Waals surface area contributed by atoms with Crippen molar-refractivity contribution < 1.29 is 9.90 Å². The summed E-state index contributed by atoms with van der Waals surface area (Å²) in [6.07, 6.45) is 10.00. The van der Waals surface area contributed by atoms with Crippen LogP contribution in [0.15, 0.2) is 11.6 Å². The third kappa shape index (κ3) is 1.48. The second-order valence-electron chi connectivity index (χ2n) is 9.38. The maximum atomic E-state index is 12.7. The van der Waals surface area contributed by atoms with Crippen molar-refractivity contribution in [2.24, 2.45) is 40.4 Å². The summed E-state index contributed by atoms with van der Waals surface area (Å²) in [7, 11) is 0. The van der Waals surface area contributed by atoms with E-state index in [2.05, 4.69) is 19.9 Å². The lowest BCUT2D eigenvalue weighted by molar-refractivity contribution is -0.136. The zero-order valence-corrected chi connectivity index (χ0v) is 13.8. The van der Waals surface area contributed by atoms with Crippen LogP contribution >= 0.6 is 0 Å². The maximum Gasteiger partial charge on any atom is 0.142 e. The molecule has 22 heavy (non-hydrogen) atoms. The number of hydrogen-bond donors (Lipinski definition) is 1. The molecule has 0 saturated heterocycles. The van der Waals surface area contributed by atoms with Crippen molar-refractivity contribution in [2.75, 3.05) is 0 Å². The second-order valence-corrected chi connectivity index (χ2v) is 9.38. The monoisotopic (exact) mass is 300 g/mol. The number of fused-ring (bicyclic) bond motifs is 7. The number of rotatable bonds is 0. The number of carbonyl (C=O) groups is 1. The van der Waals surface area contributed by atoms with E-state index in [0.29, 0.717) is 23.0 Å². The van der Waals surface area contributed by atoms with Crippen LogP contribution in [0.25, 0.3) is 0 Å². The van der Waals surface area contributed by atoms with Gasteiger partial charge in [0.1, 0.15) is 5.78 Å². The van der Waals surface area contributed by atoms with E-state index in [4.69, 9.17) is 0 Å². The molecule has 4 fully saturated rings. The molecule has 2 heteroatoms. The first-order valence-electron chi connectivity index (χ1n) is 9.39. The highest BCUT2D eigenvalue weighted by Crippen LogP contribution is 2.72. The Morgan fingerprint density at radius 3 is 2.68 bits per heavy atom. The summed E-state index contributed by atoms with van der Waals surface area (Å²) < 4.78 is 0. The van der Waals surface area contributed by atoms with E-state index in [1.165, 1.54) is 24.8 Å². The summed E-state index contributed by atoms with van der Waals surface area (Å²) in [6.45, 7) is 4.76. The van der Waals surface area contributed by atoms with Crippen LogP contribution in [-0.2, 0) is 4.79 Å². The normalized spacial score (nSPS) is 59.0. The number of aliphatic hydroxyl groups is 1. The van der Waals surface area contributed by atoms with Gasteiger partial charge in [-0.1, -0.05) is 25.5 Å². The number of Topliss-reactive ketones (excluding diaryl/α,β-unsaturated/α-hetero) is 1. The topological polar surface area (TPSA) is 37.3 Å². The van der Waals surface area contributed by atoms with Crippen molar-refractivity contribution in [1.82, 2.24) is 0 Å². The number of allylic oxidation sites excluding steroid dienone is 1. The third-order valence-electron chi connectivity index (χ3n) is 8.54. The van der Waals surface area contributed by atoms with Gasteiger partial charge in [-0.05, 0) is 74.0 Å². The van der Waals surface area contributed by atoms with Gasteiger partial charge in [-0.3, -0.25) is 4.79 Å². The highest BCUT2D eigenvalue weighted by Gasteiger charge is 2.70. The zero-order chi connectivity index (χ0) is 15.3. The fraction of sp³-hybridized carbons (Fsp3) is 0.850. The molecule has 8 atom stereocenters. The van der Waals surface area contributed by atoms with E-state index in [-0.39, 0.29) is 11.5 Å². The molecule has 4 saturated carbocycles. The molecule has 0 bridgehead atoms. The molecule has 120 valence electrons. The third-order valence-corrected chi connectivity index (χ3v) is 8.54. The second kappa shape index (κ2) is 4.06. The van der Waals surface area contributed by atoms with Crippen LogP contribution in [0.2, 0.25) is 0 Å². The summed E-state index contributed by atoms with van der Waals surface area (Å²) in [5.41, 5.74) is 1.85. The molecule has 1 N–H and O–H groups in total. The van der Waals surface area contributed by atoms with Gasteiger partial charge in [0.05, 0.1) is 6.10 Å². The lowest BCUT2D eigenvalue weighted by Gasteiger charge is -2.57. The number of carbonyl (C=O) groups excluding carboxylic acids is 1. The molecule has 5 aliphatic carbocycles. The fourth-order valence-electron chi connectivity index (χ4n) is 7.37. The molecular formula is C20H28O2. The Kier molecular flexibility index (Phi) is 2.54. The average molecular weight is 300 g/mol. The maximum absolute atomic E-state index is 12.7. The Morgan fingerprint density at radius 2 is 1.86 bits per heavy atom. The molecule has 5 rings (SSSR count). The largest absolute Gasteiger partial charge is 0.389 e. The first kappa shape index (κ1) is 13.8. The van der Waals surface area contributed by atoms with Crippen molar-refractivity contribution in [3.63, 3.8) is 0 Å². The van der Waals surface area contributed by atoms with Crippen LogP contribution in [0.1, 0.15) is 58.8 Å². The first-order chi connectivity index (χ1) is 10.4. The molecule has 0 heterocycles. The summed E-state index contributed by atoms with van der Waals surface area (Å²) in [5.74, 6) is 3.98. The molecule has 0 aromatic heterocycles. The van der Waals surface area contributed by atoms with Gasteiger partial charge in [-0.25, -0.2) is 0 Å². The quantitative estimate of drug-likeness (QED) is 0.692. The van der Waals surface area contributed by atoms with Gasteiger partial charge < -0.3 is 5.11 Å². The molecule has 0 aromatic rings. The van der Waals surface area contributed by atoms with Crippen LogP contribution in [0.4, 0.5) is 0 Å². The van der Waals surface area contributed by atoms with Gasteiger partial charge in [0, 0.05) is 11.3 Å². The fourth-order valence-corrected chi connectivity index (χ4v) is 7.37. The van der Waals surface area contributed by atoms with Crippen molar-refractivity contribution >= 4 is 5.78 Å². The Morgan fingerprint density at radius 1 is 1.09 bits per heavy atom. The summed E-state index contributed by atoms with van der Waals surface area (Å²) in [5, 5.41) is 10.0. The lowest BCUT2D eigenvalue weighted by Crippen LogP contribution is -2.52. The molecule has 0 aliphatic heterocycles. The minimum Gasteiger partial charge on any atom is -0.389 e. The molecular weight excluding hydrogens is 272 g/mol. The molecule has 0 spiro atoms. The van der Waals surface area contributed by atoms with Crippen LogP contribution in [-0.4, -0.2) is 17.0 Å². The van der Waals surface area contributed by atoms with Gasteiger partial charge in [-0.15, -0.1) is 0 Å². The molecule has 2 nitrogen and oxygen atoms in total. The van der Waals surface area contributed by atoms with Crippen molar-refractivity contribution in [1.29, 1.82) is 0 Å². The van der Waals surface area contributed by atoms with E-state index < -0.39 is 0 Å². The van der Waals surface area contributed by atoms with Crippen molar-refractivity contribution in [3.05, 3.63) is 11.6 Å². The Hall–Kier alpha value is -0.630. The van der Waals surface area contributed by atoms with Crippen LogP contribution < -0.4 is 0 Å². The van der Waals surface area contributed by atoms with Crippen LogP contribution in [0.5, 0.6) is 0 Å². The lowest BCUT2D eigenvalue weighted by atomic mass is 9.46. The van der Waals surface area contributed by atoms with E-state index in [1.54, 1.807) is 0 Å². The highest BCUT2D eigenvalue weighted by molar-refractivity contribution is 5.92. The van der Waals surface area contributed by atoms with E-state index >= 15 is 0 Å². The minimum atomic E-state index is -0.214. The Balaban J connectivity index is 1.53. The Labute approximate surface area is 133 Å². The number of aliphatic hydroxyl groups excluding tert-OH is 1. The summed E-state index contributed by atoms with van der Waals surface area (Å²) in [4.78, 5) is 12.7. The molecule has 0 radical (unpaired) electrons. The average Bonchev–Trinajstić information content (AvgIpc) is 3.22. The molecule has 5 aliphatic rings. The predicted octanol–water partition coefficient (Wildman–Crippen LogP) is 3.74. The van der Waals surface area contributed by atoms with E-state index in [0.717, 1.165) is 43.4 Å². The summed E-state index contributed by atoms with van der Waals surface area (Å²) in [6, 6.07) is 0. The highest BCUT2D eigenvalue weighted by atomic mass is 16.3. The predicted molar refractivity (Wildman–Crippen MR) is 85.1 cm³/mol. The van der Waals surface area contributed by atoms with E-state index in [9.17, 15) is 9.90 Å². The molecule has 0 aromatic carbocycles. The van der Waals surface area contributed by atoms with Crippen molar-refractivity contribution in [3.8, 4) is 0 Å². The zero-order valence-electron chi connectivity index (χ0n) is 13.8. The van der Waals surface area contributed by atoms with Gasteiger partial charge in [-0.2, -0.15) is 0 Å². The smallest absolute Gasteiger partial charge is 0.142 e. The standard InChI is InChI=1S/C20H28O2/c1-19-7-5-12(21)9-11(19)3-4-13-16(19)6-8-20(2)17(13)14-10-15(14)18(20)22/h9,12-17,21H,3-8,10H2,1-2H3/t12-,13+,14+,15-,16-,17+,19-,20-/m0/s1. The summed E-state index contributed by atoms with van der Waals surface area (Å²) >= 11 is 0. The van der Waals surface area contributed by atoms with Crippen LogP contribution in [0, 0.1) is 40.4 Å². The van der Waals surface area contributed by atoms with E-state index in [1.807, 2.05) is 0 Å². The molecule has 0 amide bonds. The van der Waals surface area contributed by atoms with Gasteiger partial charge >= 0.3 is 0 Å². The Bertz CT molecular complexity index is 578. The number of hydrogen-bond acceptors (Lipinski definition) is 2.